The third-order valence-corrected chi connectivity index (χ3v) is 2.81. The van der Waals surface area contributed by atoms with Crippen LogP contribution in [0.4, 0.5) is 15.9 Å². The minimum atomic E-state index is -1.35. The highest BCUT2D eigenvalue weighted by atomic mass is 35.5. The van der Waals surface area contributed by atoms with Crippen LogP contribution in [-0.4, -0.2) is 16.1 Å². The van der Waals surface area contributed by atoms with Crippen molar-refractivity contribution in [1.29, 1.82) is 0 Å². The topological polar surface area (TPSA) is 62.2 Å². The van der Waals surface area contributed by atoms with E-state index in [1.807, 2.05) is 6.92 Å². The van der Waals surface area contributed by atoms with Gasteiger partial charge in [0.05, 0.1) is 10.7 Å². The number of halogens is 2. The molecule has 2 aromatic rings. The molecule has 2 rings (SSSR count). The van der Waals surface area contributed by atoms with Crippen molar-refractivity contribution in [1.82, 2.24) is 4.98 Å². The summed E-state index contributed by atoms with van der Waals surface area (Å²) in [4.78, 5) is 14.6. The van der Waals surface area contributed by atoms with Gasteiger partial charge in [-0.25, -0.2) is 14.2 Å². The van der Waals surface area contributed by atoms with Crippen molar-refractivity contribution < 1.29 is 14.3 Å². The average molecular weight is 281 g/mol. The van der Waals surface area contributed by atoms with Crippen LogP contribution < -0.4 is 5.32 Å². The lowest BCUT2D eigenvalue weighted by Crippen LogP contribution is -2.05. The van der Waals surface area contributed by atoms with Crippen LogP contribution in [0.15, 0.2) is 30.5 Å². The Morgan fingerprint density at radius 1 is 1.42 bits per heavy atom. The Balaban J connectivity index is 2.38. The number of nitrogens with one attached hydrogen (secondary N) is 1. The van der Waals surface area contributed by atoms with Crippen molar-refractivity contribution >= 4 is 29.1 Å². The van der Waals surface area contributed by atoms with Gasteiger partial charge in [-0.15, -0.1) is 0 Å². The summed E-state index contributed by atoms with van der Waals surface area (Å²) in [5.74, 6) is -2.45. The van der Waals surface area contributed by atoms with Crippen molar-refractivity contribution in [2.45, 2.75) is 6.92 Å². The molecule has 0 saturated heterocycles. The lowest BCUT2D eigenvalue weighted by molar-refractivity contribution is 0.0692. The summed E-state index contributed by atoms with van der Waals surface area (Å²) in [5, 5.41) is 11.9. The van der Waals surface area contributed by atoms with Gasteiger partial charge < -0.3 is 10.4 Å². The molecule has 0 fully saturated rings. The monoisotopic (exact) mass is 280 g/mol. The molecule has 19 heavy (non-hydrogen) atoms. The van der Waals surface area contributed by atoms with E-state index in [1.54, 1.807) is 18.2 Å². The van der Waals surface area contributed by atoms with E-state index in [0.29, 0.717) is 10.7 Å². The van der Waals surface area contributed by atoms with Crippen molar-refractivity contribution in [3.8, 4) is 0 Å². The largest absolute Gasteiger partial charge is 0.478 e. The number of carbonyl (C=O) groups is 1. The first-order chi connectivity index (χ1) is 8.99. The summed E-state index contributed by atoms with van der Waals surface area (Å²) in [6.07, 6.45) is 1.22. The quantitative estimate of drug-likeness (QED) is 0.901. The molecular formula is C13H10ClFN2O2. The molecule has 0 amide bonds. The predicted molar refractivity (Wildman–Crippen MR) is 70.6 cm³/mol. The van der Waals surface area contributed by atoms with Crippen LogP contribution in [0, 0.1) is 12.7 Å². The number of pyridine rings is 1. The van der Waals surface area contributed by atoms with E-state index in [9.17, 15) is 9.18 Å². The molecule has 0 aliphatic rings. The van der Waals surface area contributed by atoms with Crippen molar-refractivity contribution in [2.24, 2.45) is 0 Å². The van der Waals surface area contributed by atoms with Gasteiger partial charge in [-0.1, -0.05) is 17.7 Å². The fourth-order valence-corrected chi connectivity index (χ4v) is 1.83. The van der Waals surface area contributed by atoms with Crippen LogP contribution in [0.25, 0.3) is 0 Å². The van der Waals surface area contributed by atoms with E-state index < -0.39 is 17.3 Å². The van der Waals surface area contributed by atoms with Crippen molar-refractivity contribution in [3.63, 3.8) is 0 Å². The minimum absolute atomic E-state index is 0.175. The molecule has 0 aliphatic carbocycles. The third kappa shape index (κ3) is 2.82. The van der Waals surface area contributed by atoms with Crippen molar-refractivity contribution in [3.05, 3.63) is 52.4 Å². The summed E-state index contributed by atoms with van der Waals surface area (Å²) >= 11 is 6.01. The molecule has 0 atom stereocenters. The van der Waals surface area contributed by atoms with Crippen molar-refractivity contribution in [2.75, 3.05) is 5.32 Å². The van der Waals surface area contributed by atoms with E-state index in [0.717, 1.165) is 11.6 Å². The Kier molecular flexibility index (Phi) is 3.66. The normalized spacial score (nSPS) is 10.3. The fraction of sp³-hybridized carbons (Fsp3) is 0.0769. The number of carboxylic acids is 1. The van der Waals surface area contributed by atoms with E-state index >= 15 is 0 Å². The molecule has 0 unspecified atom stereocenters. The Morgan fingerprint density at radius 3 is 2.79 bits per heavy atom. The number of anilines is 2. The van der Waals surface area contributed by atoms with Crippen LogP contribution >= 0.6 is 11.6 Å². The van der Waals surface area contributed by atoms with Crippen LogP contribution in [0.1, 0.15) is 15.9 Å². The molecule has 1 aromatic heterocycles. The number of aromatic nitrogens is 1. The van der Waals surface area contributed by atoms with Gasteiger partial charge in [-0.3, -0.25) is 0 Å². The van der Waals surface area contributed by atoms with Gasteiger partial charge in [-0.2, -0.15) is 0 Å². The zero-order valence-corrected chi connectivity index (χ0v) is 10.7. The molecule has 0 radical (unpaired) electrons. The summed E-state index contributed by atoms with van der Waals surface area (Å²) in [6.45, 7) is 1.87. The second-order valence-corrected chi connectivity index (χ2v) is 4.34. The fourth-order valence-electron chi connectivity index (χ4n) is 1.55. The second kappa shape index (κ2) is 5.24. The van der Waals surface area contributed by atoms with Gasteiger partial charge in [-0.05, 0) is 30.7 Å². The standard InChI is InChI=1S/C13H10ClFN2O2/c1-7-2-3-10(9(14)6-7)17-12-11(15)8(13(18)19)4-5-16-12/h2-6H,1H3,(H,16,17)(H,18,19). The molecule has 2 N–H and O–H groups in total. The Bertz CT molecular complexity index is 647. The smallest absolute Gasteiger partial charge is 0.338 e. The third-order valence-electron chi connectivity index (χ3n) is 2.50. The highest BCUT2D eigenvalue weighted by Gasteiger charge is 2.15. The lowest BCUT2D eigenvalue weighted by Gasteiger charge is -2.10. The molecule has 1 heterocycles. The predicted octanol–water partition coefficient (Wildman–Crippen LogP) is 3.62. The zero-order chi connectivity index (χ0) is 14.0. The molecule has 6 heteroatoms. The maximum absolute atomic E-state index is 13.9. The van der Waals surface area contributed by atoms with Crippen LogP contribution in [0.3, 0.4) is 0 Å². The number of aryl methyl sites for hydroxylation is 1. The van der Waals surface area contributed by atoms with Gasteiger partial charge in [0, 0.05) is 6.20 Å². The molecule has 1 aromatic carbocycles. The average Bonchev–Trinajstić information content (AvgIpc) is 2.34. The van der Waals surface area contributed by atoms with Crippen LogP contribution in [0.5, 0.6) is 0 Å². The molecule has 98 valence electrons. The van der Waals surface area contributed by atoms with Gasteiger partial charge in [0.25, 0.3) is 0 Å². The van der Waals surface area contributed by atoms with E-state index in [4.69, 9.17) is 16.7 Å². The second-order valence-electron chi connectivity index (χ2n) is 3.93. The van der Waals surface area contributed by atoms with Gasteiger partial charge in [0.15, 0.2) is 11.6 Å². The number of aromatic carboxylic acids is 1. The van der Waals surface area contributed by atoms with E-state index in [2.05, 4.69) is 10.3 Å². The van der Waals surface area contributed by atoms with E-state index in [-0.39, 0.29) is 5.82 Å². The molecule has 0 aliphatic heterocycles. The van der Waals surface area contributed by atoms with Crippen LogP contribution in [-0.2, 0) is 0 Å². The van der Waals surface area contributed by atoms with Gasteiger partial charge in [0.1, 0.15) is 5.56 Å². The first-order valence-corrected chi connectivity index (χ1v) is 5.78. The number of hydrogen-bond donors (Lipinski definition) is 2. The van der Waals surface area contributed by atoms with Gasteiger partial charge in [0.2, 0.25) is 0 Å². The number of carboxylic acid groups (broad SMARTS) is 1. The molecule has 0 saturated carbocycles. The Morgan fingerprint density at radius 2 is 2.16 bits per heavy atom. The first kappa shape index (κ1) is 13.3. The molecule has 0 bridgehead atoms. The maximum atomic E-state index is 13.9. The lowest BCUT2D eigenvalue weighted by atomic mass is 10.2. The zero-order valence-electron chi connectivity index (χ0n) is 9.95. The first-order valence-electron chi connectivity index (χ1n) is 5.40. The van der Waals surface area contributed by atoms with Gasteiger partial charge >= 0.3 is 5.97 Å². The molecule has 0 spiro atoms. The number of benzene rings is 1. The number of hydrogen-bond acceptors (Lipinski definition) is 3. The Hall–Kier alpha value is -2.14. The maximum Gasteiger partial charge on any atom is 0.338 e. The SMILES string of the molecule is Cc1ccc(Nc2nccc(C(=O)O)c2F)c(Cl)c1. The highest BCUT2D eigenvalue weighted by Crippen LogP contribution is 2.27. The van der Waals surface area contributed by atoms with Crippen LogP contribution in [0.2, 0.25) is 5.02 Å². The summed E-state index contributed by atoms with van der Waals surface area (Å²) in [6, 6.07) is 6.28. The Labute approximate surface area is 113 Å². The highest BCUT2D eigenvalue weighted by molar-refractivity contribution is 6.33. The number of nitrogens with zero attached hydrogens (tertiary/aromatic N) is 1. The number of rotatable bonds is 3. The molecular weight excluding hydrogens is 271 g/mol. The minimum Gasteiger partial charge on any atom is -0.478 e. The van der Waals surface area contributed by atoms with E-state index in [1.165, 1.54) is 6.20 Å². The summed E-state index contributed by atoms with van der Waals surface area (Å²) in [5.41, 5.74) is 0.977. The molecule has 4 nitrogen and oxygen atoms in total. The summed E-state index contributed by atoms with van der Waals surface area (Å²) in [7, 11) is 0. The summed E-state index contributed by atoms with van der Waals surface area (Å²) < 4.78 is 13.9.